The number of hydrogen-bond acceptors (Lipinski definition) is 4. The topological polar surface area (TPSA) is 63.6 Å². The van der Waals surface area contributed by atoms with Gasteiger partial charge in [0.2, 0.25) is 0 Å². The average Bonchev–Trinajstić information content (AvgIpc) is 2.72. The minimum absolute atomic E-state index is 0. The summed E-state index contributed by atoms with van der Waals surface area (Å²) in [6.45, 7) is 4.78. The SMILES string of the molecule is CCn1cncc1CSc1nc(C)cc(=O)[nH]1.Cl.Cl. The summed E-state index contributed by atoms with van der Waals surface area (Å²) >= 11 is 1.51. The van der Waals surface area contributed by atoms with E-state index in [1.165, 1.54) is 17.8 Å². The van der Waals surface area contributed by atoms with E-state index in [1.807, 2.05) is 19.4 Å². The van der Waals surface area contributed by atoms with Crippen LogP contribution < -0.4 is 5.56 Å². The highest BCUT2D eigenvalue weighted by Crippen LogP contribution is 2.17. The first-order chi connectivity index (χ1) is 8.19. The van der Waals surface area contributed by atoms with Crippen molar-refractivity contribution in [3.8, 4) is 0 Å². The highest BCUT2D eigenvalue weighted by Gasteiger charge is 2.04. The van der Waals surface area contributed by atoms with Gasteiger partial charge in [-0.15, -0.1) is 24.8 Å². The van der Waals surface area contributed by atoms with Gasteiger partial charge in [0.15, 0.2) is 5.16 Å². The number of aryl methyl sites for hydroxylation is 2. The number of H-pyrrole nitrogens is 1. The second-order valence-corrected chi connectivity index (χ2v) is 4.62. The van der Waals surface area contributed by atoms with Gasteiger partial charge in [0.1, 0.15) is 0 Å². The Balaban J connectivity index is 0.00000162. The van der Waals surface area contributed by atoms with Crippen LogP contribution in [-0.2, 0) is 12.3 Å². The molecule has 0 spiro atoms. The van der Waals surface area contributed by atoms with Gasteiger partial charge in [0.05, 0.1) is 6.33 Å². The third kappa shape index (κ3) is 4.89. The summed E-state index contributed by atoms with van der Waals surface area (Å²) in [5, 5.41) is 0.652. The van der Waals surface area contributed by atoms with Crippen molar-refractivity contribution < 1.29 is 0 Å². The van der Waals surface area contributed by atoms with Crippen LogP contribution in [0.5, 0.6) is 0 Å². The average molecular weight is 323 g/mol. The Labute approximate surface area is 128 Å². The first kappa shape index (κ1) is 18.0. The predicted molar refractivity (Wildman–Crippen MR) is 81.6 cm³/mol. The molecule has 2 aromatic rings. The van der Waals surface area contributed by atoms with E-state index in [-0.39, 0.29) is 30.4 Å². The largest absolute Gasteiger partial charge is 0.334 e. The number of halogens is 2. The van der Waals surface area contributed by atoms with Crippen LogP contribution in [0, 0.1) is 6.92 Å². The van der Waals surface area contributed by atoms with Crippen molar-refractivity contribution in [1.82, 2.24) is 19.5 Å². The first-order valence-corrected chi connectivity index (χ1v) is 6.37. The van der Waals surface area contributed by atoms with Crippen LogP contribution in [-0.4, -0.2) is 19.5 Å². The number of imidazole rings is 1. The van der Waals surface area contributed by atoms with Crippen LogP contribution in [0.3, 0.4) is 0 Å². The molecule has 0 atom stereocenters. The second kappa shape index (κ2) is 8.24. The summed E-state index contributed by atoms with van der Waals surface area (Å²) in [4.78, 5) is 22.3. The lowest BCUT2D eigenvalue weighted by molar-refractivity contribution is 0.733. The van der Waals surface area contributed by atoms with Gasteiger partial charge in [-0.25, -0.2) is 9.97 Å². The molecule has 8 heteroatoms. The Morgan fingerprint density at radius 2 is 2.16 bits per heavy atom. The van der Waals surface area contributed by atoms with Crippen molar-refractivity contribution in [3.05, 3.63) is 40.3 Å². The molecule has 0 saturated carbocycles. The molecule has 0 aromatic carbocycles. The van der Waals surface area contributed by atoms with Gasteiger partial charge in [-0.1, -0.05) is 11.8 Å². The quantitative estimate of drug-likeness (QED) is 0.693. The van der Waals surface area contributed by atoms with Crippen LogP contribution in [0.25, 0.3) is 0 Å². The fourth-order valence-electron chi connectivity index (χ4n) is 1.52. The lowest BCUT2D eigenvalue weighted by Crippen LogP contribution is -2.08. The summed E-state index contributed by atoms with van der Waals surface area (Å²) < 4.78 is 2.07. The fourth-order valence-corrected chi connectivity index (χ4v) is 2.42. The minimum atomic E-state index is -0.107. The molecule has 0 fully saturated rings. The molecule has 0 unspecified atom stereocenters. The maximum Gasteiger partial charge on any atom is 0.251 e. The molecule has 0 aliphatic carbocycles. The summed E-state index contributed by atoms with van der Waals surface area (Å²) in [5.41, 5.74) is 1.76. The van der Waals surface area contributed by atoms with E-state index in [4.69, 9.17) is 0 Å². The molecule has 106 valence electrons. The van der Waals surface area contributed by atoms with E-state index < -0.39 is 0 Å². The van der Waals surface area contributed by atoms with E-state index in [0.29, 0.717) is 5.16 Å². The van der Waals surface area contributed by atoms with E-state index in [9.17, 15) is 4.79 Å². The molecule has 0 radical (unpaired) electrons. The van der Waals surface area contributed by atoms with Crippen molar-refractivity contribution in [2.45, 2.75) is 31.3 Å². The zero-order chi connectivity index (χ0) is 12.3. The van der Waals surface area contributed by atoms with Gasteiger partial charge in [-0.05, 0) is 13.8 Å². The predicted octanol–water partition coefficient (Wildman–Crippen LogP) is 2.43. The molecule has 0 aliphatic rings. The Hall–Kier alpha value is -0.980. The number of rotatable bonds is 4. The Morgan fingerprint density at radius 3 is 2.79 bits per heavy atom. The van der Waals surface area contributed by atoms with Crippen molar-refractivity contribution in [2.24, 2.45) is 0 Å². The normalized spacial score (nSPS) is 9.58. The molecular formula is C11H16Cl2N4OS. The summed E-state index contributed by atoms with van der Waals surface area (Å²) in [6.07, 6.45) is 3.65. The van der Waals surface area contributed by atoms with E-state index in [2.05, 4.69) is 26.4 Å². The van der Waals surface area contributed by atoms with Gasteiger partial charge in [-0.2, -0.15) is 0 Å². The zero-order valence-corrected chi connectivity index (χ0v) is 13.1. The smallest absolute Gasteiger partial charge is 0.251 e. The molecule has 5 nitrogen and oxygen atoms in total. The third-order valence-corrected chi connectivity index (χ3v) is 3.25. The van der Waals surface area contributed by atoms with Crippen molar-refractivity contribution in [1.29, 1.82) is 0 Å². The number of hydrogen-bond donors (Lipinski definition) is 1. The fraction of sp³-hybridized carbons (Fsp3) is 0.364. The Morgan fingerprint density at radius 1 is 1.42 bits per heavy atom. The minimum Gasteiger partial charge on any atom is -0.334 e. The maximum absolute atomic E-state index is 11.3. The highest BCUT2D eigenvalue weighted by atomic mass is 35.5. The standard InChI is InChI=1S/C11H14N4OS.2ClH/c1-3-15-7-12-5-9(15)6-17-11-13-8(2)4-10(16)14-11;;/h4-5,7H,3,6H2,1-2H3,(H,13,14,16);2*1H. The number of nitrogens with one attached hydrogen (secondary N) is 1. The number of aromatic nitrogens is 4. The molecule has 0 saturated heterocycles. The van der Waals surface area contributed by atoms with Crippen LogP contribution in [0.2, 0.25) is 0 Å². The molecule has 2 heterocycles. The number of thioether (sulfide) groups is 1. The number of aromatic amines is 1. The van der Waals surface area contributed by atoms with E-state index >= 15 is 0 Å². The van der Waals surface area contributed by atoms with Crippen LogP contribution >= 0.6 is 36.6 Å². The van der Waals surface area contributed by atoms with Crippen LogP contribution in [0.1, 0.15) is 18.3 Å². The van der Waals surface area contributed by atoms with Gasteiger partial charge in [-0.3, -0.25) is 4.79 Å². The summed E-state index contributed by atoms with van der Waals surface area (Å²) in [7, 11) is 0. The Kier molecular flexibility index (Phi) is 7.82. The molecule has 2 rings (SSSR count). The van der Waals surface area contributed by atoms with E-state index in [0.717, 1.165) is 23.7 Å². The van der Waals surface area contributed by atoms with Gasteiger partial charge >= 0.3 is 0 Å². The number of nitrogens with zero attached hydrogens (tertiary/aromatic N) is 3. The van der Waals surface area contributed by atoms with Gasteiger partial charge < -0.3 is 9.55 Å². The van der Waals surface area contributed by atoms with Crippen LogP contribution in [0.4, 0.5) is 0 Å². The van der Waals surface area contributed by atoms with Crippen molar-refractivity contribution >= 4 is 36.6 Å². The Bertz CT molecular complexity index is 570. The third-order valence-electron chi connectivity index (χ3n) is 2.34. The summed E-state index contributed by atoms with van der Waals surface area (Å²) in [6, 6.07) is 1.49. The molecule has 19 heavy (non-hydrogen) atoms. The molecule has 1 N–H and O–H groups in total. The summed E-state index contributed by atoms with van der Waals surface area (Å²) in [5.74, 6) is 0.750. The molecule has 0 bridgehead atoms. The zero-order valence-electron chi connectivity index (χ0n) is 10.6. The molecule has 2 aromatic heterocycles. The molecule has 0 aliphatic heterocycles. The highest BCUT2D eigenvalue weighted by molar-refractivity contribution is 7.98. The second-order valence-electron chi connectivity index (χ2n) is 3.65. The van der Waals surface area contributed by atoms with E-state index in [1.54, 1.807) is 0 Å². The molecule has 0 amide bonds. The van der Waals surface area contributed by atoms with Crippen LogP contribution in [0.15, 0.2) is 28.5 Å². The van der Waals surface area contributed by atoms with Crippen molar-refractivity contribution in [2.75, 3.05) is 0 Å². The lowest BCUT2D eigenvalue weighted by atomic mass is 10.5. The monoisotopic (exact) mass is 322 g/mol. The molecular weight excluding hydrogens is 307 g/mol. The van der Waals surface area contributed by atoms with Gasteiger partial charge in [0.25, 0.3) is 5.56 Å². The maximum atomic E-state index is 11.3. The van der Waals surface area contributed by atoms with Crippen molar-refractivity contribution in [3.63, 3.8) is 0 Å². The van der Waals surface area contributed by atoms with Gasteiger partial charge in [0, 0.05) is 35.9 Å². The first-order valence-electron chi connectivity index (χ1n) is 5.39. The lowest BCUT2D eigenvalue weighted by Gasteiger charge is -2.04.